The van der Waals surface area contributed by atoms with Gasteiger partial charge in [-0.05, 0) is 92.2 Å². The predicted octanol–water partition coefficient (Wildman–Crippen LogP) is 6.94. The Morgan fingerprint density at radius 1 is 0.853 bits per heavy atom. The van der Waals surface area contributed by atoms with Crippen molar-refractivity contribution in [2.45, 2.75) is 19.3 Å². The lowest BCUT2D eigenvalue weighted by Crippen LogP contribution is -2.33. The molecule has 5 nitrogen and oxygen atoms in total. The molecule has 2 heterocycles. The van der Waals surface area contributed by atoms with Crippen LogP contribution < -0.4 is 14.2 Å². The average Bonchev–Trinajstić information content (AvgIpc) is 3.30. The molecule has 0 aliphatic carbocycles. The van der Waals surface area contributed by atoms with Crippen molar-refractivity contribution in [2.24, 2.45) is 0 Å². The molecule has 4 aromatic rings. The van der Waals surface area contributed by atoms with Gasteiger partial charge >= 0.3 is 0 Å². The highest BCUT2D eigenvalue weighted by Gasteiger charge is 2.13. The van der Waals surface area contributed by atoms with Crippen LogP contribution in [-0.4, -0.2) is 43.4 Å². The molecule has 5 rings (SSSR count). The van der Waals surface area contributed by atoms with E-state index in [4.69, 9.17) is 14.2 Å². The first-order valence-corrected chi connectivity index (χ1v) is 12.5. The van der Waals surface area contributed by atoms with Crippen molar-refractivity contribution < 1.29 is 19.3 Å². The molecule has 0 bridgehead atoms. The van der Waals surface area contributed by atoms with E-state index in [-0.39, 0.29) is 5.75 Å². The molecule has 34 heavy (non-hydrogen) atoms. The second-order valence-electron chi connectivity index (χ2n) is 8.52. The summed E-state index contributed by atoms with van der Waals surface area (Å²) >= 11 is 1.62. The van der Waals surface area contributed by atoms with Gasteiger partial charge in [-0.25, -0.2) is 0 Å². The van der Waals surface area contributed by atoms with Crippen LogP contribution in [0.1, 0.15) is 19.3 Å². The van der Waals surface area contributed by atoms with E-state index in [1.807, 2.05) is 48.5 Å². The number of fused-ring (bicyclic) bond motifs is 1. The molecule has 1 fully saturated rings. The first-order valence-electron chi connectivity index (χ1n) is 11.7. The van der Waals surface area contributed by atoms with E-state index in [1.165, 1.54) is 32.4 Å². The van der Waals surface area contributed by atoms with Gasteiger partial charge in [0.1, 0.15) is 35.4 Å². The van der Waals surface area contributed by atoms with E-state index >= 15 is 0 Å². The number of thiophene rings is 1. The van der Waals surface area contributed by atoms with E-state index in [2.05, 4.69) is 11.0 Å². The number of ether oxygens (including phenoxy) is 3. The Bertz CT molecular complexity index is 1230. The maximum Gasteiger partial charge on any atom is 0.139 e. The number of nitrogens with zero attached hydrogens (tertiary/aromatic N) is 1. The summed E-state index contributed by atoms with van der Waals surface area (Å²) in [7, 11) is 1.66. The normalized spacial score (nSPS) is 14.3. The number of phenols is 1. The Kier molecular flexibility index (Phi) is 6.88. The maximum atomic E-state index is 10.3. The van der Waals surface area contributed by atoms with Gasteiger partial charge in [0.2, 0.25) is 0 Å². The maximum absolute atomic E-state index is 10.3. The number of methoxy groups -OCH3 is 1. The van der Waals surface area contributed by atoms with E-state index in [1.54, 1.807) is 30.6 Å². The lowest BCUT2D eigenvalue weighted by molar-refractivity contribution is 0.183. The smallest absolute Gasteiger partial charge is 0.139 e. The SMILES string of the molecule is COc1ccc(-c2cc3c(Oc4ccc(OCCN5CCCCC5)cc4)cc(O)cc3s2)cc1. The second-order valence-corrected chi connectivity index (χ2v) is 9.60. The topological polar surface area (TPSA) is 51.2 Å². The van der Waals surface area contributed by atoms with E-state index in [0.29, 0.717) is 18.1 Å². The zero-order chi connectivity index (χ0) is 23.3. The Balaban J connectivity index is 1.28. The first-order chi connectivity index (χ1) is 16.7. The monoisotopic (exact) mass is 475 g/mol. The molecule has 0 atom stereocenters. The first kappa shape index (κ1) is 22.6. The van der Waals surface area contributed by atoms with Crippen molar-refractivity contribution in [1.82, 2.24) is 4.90 Å². The quantitative estimate of drug-likeness (QED) is 0.299. The van der Waals surface area contributed by atoms with Crippen LogP contribution in [0.2, 0.25) is 0 Å². The molecule has 0 amide bonds. The molecule has 1 aliphatic heterocycles. The molecule has 6 heteroatoms. The summed E-state index contributed by atoms with van der Waals surface area (Å²) in [4.78, 5) is 3.57. The molecule has 0 saturated carbocycles. The summed E-state index contributed by atoms with van der Waals surface area (Å²) in [5.41, 5.74) is 1.10. The van der Waals surface area contributed by atoms with Crippen molar-refractivity contribution in [3.8, 4) is 39.2 Å². The number of rotatable bonds is 8. The third-order valence-corrected chi connectivity index (χ3v) is 7.27. The predicted molar refractivity (Wildman–Crippen MR) is 138 cm³/mol. The molecule has 1 saturated heterocycles. The molecule has 1 N–H and O–H groups in total. The van der Waals surface area contributed by atoms with Crippen molar-refractivity contribution in [3.63, 3.8) is 0 Å². The molecule has 176 valence electrons. The van der Waals surface area contributed by atoms with Crippen LogP contribution in [0.15, 0.2) is 66.7 Å². The summed E-state index contributed by atoms with van der Waals surface area (Å²) in [6.45, 7) is 4.01. The molecule has 3 aromatic carbocycles. The standard InChI is InChI=1S/C28H29NO4S/c1-31-22-7-5-20(6-8-22)27-19-25-26(17-21(30)18-28(25)34-27)33-24-11-9-23(10-12-24)32-16-15-29-13-3-2-4-14-29/h5-12,17-19,30H,2-4,13-16H2,1H3. The van der Waals surface area contributed by atoms with Crippen molar-refractivity contribution in [2.75, 3.05) is 33.4 Å². The van der Waals surface area contributed by atoms with Crippen LogP contribution in [-0.2, 0) is 0 Å². The third kappa shape index (κ3) is 5.29. The van der Waals surface area contributed by atoms with Crippen molar-refractivity contribution in [3.05, 3.63) is 66.7 Å². The Morgan fingerprint density at radius 3 is 2.29 bits per heavy atom. The highest BCUT2D eigenvalue weighted by atomic mass is 32.1. The van der Waals surface area contributed by atoms with Gasteiger partial charge in [-0.15, -0.1) is 11.3 Å². The Morgan fingerprint density at radius 2 is 1.56 bits per heavy atom. The zero-order valence-electron chi connectivity index (χ0n) is 19.3. The number of likely N-dealkylation sites (tertiary alicyclic amines) is 1. The zero-order valence-corrected chi connectivity index (χ0v) is 20.1. The van der Waals surface area contributed by atoms with Crippen LogP contribution in [0.3, 0.4) is 0 Å². The fraction of sp³-hybridized carbons (Fsp3) is 0.286. The van der Waals surface area contributed by atoms with Crippen LogP contribution in [0.4, 0.5) is 0 Å². The summed E-state index contributed by atoms with van der Waals surface area (Å²) in [6.07, 6.45) is 3.93. The lowest BCUT2D eigenvalue weighted by atomic mass is 10.1. The van der Waals surface area contributed by atoms with Crippen LogP contribution in [0, 0.1) is 0 Å². The van der Waals surface area contributed by atoms with Crippen LogP contribution in [0.5, 0.6) is 28.7 Å². The molecule has 0 unspecified atom stereocenters. The second kappa shape index (κ2) is 10.4. The lowest BCUT2D eigenvalue weighted by Gasteiger charge is -2.26. The van der Waals surface area contributed by atoms with E-state index in [0.717, 1.165) is 38.6 Å². The molecule has 1 aromatic heterocycles. The molecule has 0 radical (unpaired) electrons. The summed E-state index contributed by atoms with van der Waals surface area (Å²) in [5, 5.41) is 11.2. The van der Waals surface area contributed by atoms with E-state index in [9.17, 15) is 5.11 Å². The molecule has 0 spiro atoms. The van der Waals surface area contributed by atoms with Gasteiger partial charge in [0.05, 0.1) is 7.11 Å². The van der Waals surface area contributed by atoms with E-state index < -0.39 is 0 Å². The minimum absolute atomic E-state index is 0.184. The van der Waals surface area contributed by atoms with Gasteiger partial charge in [-0.2, -0.15) is 0 Å². The number of benzene rings is 3. The van der Waals surface area contributed by atoms with Gasteiger partial charge in [0.25, 0.3) is 0 Å². The number of hydrogen-bond donors (Lipinski definition) is 1. The van der Waals surface area contributed by atoms with Crippen LogP contribution in [0.25, 0.3) is 20.5 Å². The van der Waals surface area contributed by atoms with Gasteiger partial charge < -0.3 is 19.3 Å². The molecular weight excluding hydrogens is 446 g/mol. The fourth-order valence-electron chi connectivity index (χ4n) is 4.28. The van der Waals surface area contributed by atoms with Crippen molar-refractivity contribution in [1.29, 1.82) is 0 Å². The summed E-state index contributed by atoms with van der Waals surface area (Å²) in [6, 6.07) is 21.2. The van der Waals surface area contributed by atoms with Gasteiger partial charge in [-0.1, -0.05) is 6.42 Å². The minimum Gasteiger partial charge on any atom is -0.508 e. The number of hydrogen-bond acceptors (Lipinski definition) is 6. The van der Waals surface area contributed by atoms with Crippen molar-refractivity contribution >= 4 is 21.4 Å². The average molecular weight is 476 g/mol. The number of piperidine rings is 1. The molecule has 1 aliphatic rings. The minimum atomic E-state index is 0.184. The highest BCUT2D eigenvalue weighted by Crippen LogP contribution is 2.42. The summed E-state index contributed by atoms with van der Waals surface area (Å²) in [5.74, 6) is 3.17. The molecular formula is C28H29NO4S. The fourth-order valence-corrected chi connectivity index (χ4v) is 5.40. The largest absolute Gasteiger partial charge is 0.508 e. The van der Waals surface area contributed by atoms with Gasteiger partial charge in [0, 0.05) is 27.6 Å². The number of phenolic OH excluding ortho intramolecular Hbond substituents is 1. The Hall–Kier alpha value is -3.22. The third-order valence-electron chi connectivity index (χ3n) is 6.14. The van der Waals surface area contributed by atoms with Crippen LogP contribution >= 0.6 is 11.3 Å². The highest BCUT2D eigenvalue weighted by molar-refractivity contribution is 7.22. The van der Waals surface area contributed by atoms with Gasteiger partial charge in [-0.3, -0.25) is 4.90 Å². The summed E-state index contributed by atoms with van der Waals surface area (Å²) < 4.78 is 18.3. The Labute approximate surface area is 204 Å². The van der Waals surface area contributed by atoms with Gasteiger partial charge in [0.15, 0.2) is 0 Å². The number of aromatic hydroxyl groups is 1.